The first kappa shape index (κ1) is 12.8. The summed E-state index contributed by atoms with van der Waals surface area (Å²) in [4.78, 5) is 11.2. The molecule has 4 atom stereocenters. The Hall–Kier alpha value is -0.940. The molecule has 0 N–H and O–H groups in total. The highest BCUT2D eigenvalue weighted by atomic mass is 17.3. The van der Waals surface area contributed by atoms with Gasteiger partial charge in [0.25, 0.3) is 0 Å². The second kappa shape index (κ2) is 3.45. The predicted molar refractivity (Wildman–Crippen MR) is 71.6 cm³/mol. The van der Waals surface area contributed by atoms with Gasteiger partial charge in [0.15, 0.2) is 5.79 Å². The quantitative estimate of drug-likeness (QED) is 0.738. The lowest BCUT2D eigenvalue weighted by atomic mass is 9.61. The third kappa shape index (κ3) is 1.26. The number of hydrogen-bond donors (Lipinski definition) is 0. The largest absolute Gasteiger partial charge is 0.315 e. The lowest BCUT2D eigenvalue weighted by molar-refractivity contribution is -0.432. The maximum atomic E-state index is 6.13. The Bertz CT molecular complexity index is 546. The van der Waals surface area contributed by atoms with Gasteiger partial charge in [0.05, 0.1) is 0 Å². The van der Waals surface area contributed by atoms with Gasteiger partial charge < -0.3 is 9.47 Å². The van der Waals surface area contributed by atoms with Crippen molar-refractivity contribution in [3.63, 3.8) is 0 Å². The van der Waals surface area contributed by atoms with Gasteiger partial charge in [-0.3, -0.25) is 0 Å². The molecule has 1 aromatic rings. The van der Waals surface area contributed by atoms with Gasteiger partial charge in [-0.05, 0) is 39.7 Å². The second-order valence-corrected chi connectivity index (χ2v) is 6.67. The van der Waals surface area contributed by atoms with E-state index in [1.165, 1.54) is 5.56 Å². The first-order valence-corrected chi connectivity index (χ1v) is 7.17. The third-order valence-corrected chi connectivity index (χ3v) is 5.23. The molecule has 4 fully saturated rings. The van der Waals surface area contributed by atoms with Gasteiger partial charge in [-0.15, -0.1) is 0 Å². The van der Waals surface area contributed by atoms with Crippen LogP contribution in [0.25, 0.3) is 0 Å². The summed E-state index contributed by atoms with van der Waals surface area (Å²) in [7, 11) is 0. The Labute approximate surface area is 118 Å². The van der Waals surface area contributed by atoms with E-state index in [-0.39, 0.29) is 0 Å². The standard InChI is InChI=1S/C16H20O4/c1-11-5-7-12(8-6-11)16-10-9-13(2)17-14(16,3)19-20-15(16,4)18-13/h5-8H,9-10H2,1-4H3/t13?,14-,15+,16?. The summed E-state index contributed by atoms with van der Waals surface area (Å²) in [6.45, 7) is 7.95. The molecular formula is C16H20O4. The summed E-state index contributed by atoms with van der Waals surface area (Å²) in [6.07, 6.45) is 1.75. The van der Waals surface area contributed by atoms with Gasteiger partial charge in [0.1, 0.15) is 5.41 Å². The van der Waals surface area contributed by atoms with Crippen LogP contribution in [0.5, 0.6) is 0 Å². The van der Waals surface area contributed by atoms with Crippen LogP contribution in [0.2, 0.25) is 0 Å². The Morgan fingerprint density at radius 3 is 1.95 bits per heavy atom. The highest BCUT2D eigenvalue weighted by Gasteiger charge is 2.79. The maximum Gasteiger partial charge on any atom is 0.216 e. The van der Waals surface area contributed by atoms with E-state index in [0.29, 0.717) is 0 Å². The van der Waals surface area contributed by atoms with E-state index in [9.17, 15) is 0 Å². The lowest BCUT2D eigenvalue weighted by Gasteiger charge is -2.60. The topological polar surface area (TPSA) is 36.9 Å². The summed E-state index contributed by atoms with van der Waals surface area (Å²) < 4.78 is 12.3. The van der Waals surface area contributed by atoms with Crippen molar-refractivity contribution in [2.24, 2.45) is 0 Å². The van der Waals surface area contributed by atoms with Crippen LogP contribution in [-0.4, -0.2) is 17.4 Å². The molecule has 4 aliphatic rings. The first-order valence-electron chi connectivity index (χ1n) is 7.17. The lowest BCUT2D eigenvalue weighted by Crippen LogP contribution is -2.72. The molecule has 0 aromatic heterocycles. The smallest absolute Gasteiger partial charge is 0.216 e. The summed E-state index contributed by atoms with van der Waals surface area (Å²) in [5, 5.41) is 0. The highest BCUT2D eigenvalue weighted by Crippen LogP contribution is 2.66. The Balaban J connectivity index is 1.93. The fourth-order valence-corrected chi connectivity index (χ4v) is 4.24. The van der Waals surface area contributed by atoms with E-state index >= 15 is 0 Å². The number of fused-ring (bicyclic) bond motifs is 1. The van der Waals surface area contributed by atoms with Gasteiger partial charge in [0.2, 0.25) is 11.6 Å². The van der Waals surface area contributed by atoms with Crippen LogP contribution in [0.4, 0.5) is 0 Å². The van der Waals surface area contributed by atoms with Crippen molar-refractivity contribution in [3.8, 4) is 0 Å². The predicted octanol–water partition coefficient (Wildman–Crippen LogP) is 3.18. The highest BCUT2D eigenvalue weighted by molar-refractivity contribution is 5.37. The van der Waals surface area contributed by atoms with Crippen LogP contribution in [0.15, 0.2) is 24.3 Å². The Morgan fingerprint density at radius 2 is 1.40 bits per heavy atom. The van der Waals surface area contributed by atoms with Crippen molar-refractivity contribution in [3.05, 3.63) is 35.4 Å². The average molecular weight is 276 g/mol. The monoisotopic (exact) mass is 276 g/mol. The molecule has 1 aromatic carbocycles. The molecule has 2 unspecified atom stereocenters. The molecule has 108 valence electrons. The van der Waals surface area contributed by atoms with E-state index in [4.69, 9.17) is 19.2 Å². The minimum atomic E-state index is -0.817. The first-order chi connectivity index (χ1) is 9.33. The molecule has 4 heteroatoms. The van der Waals surface area contributed by atoms with E-state index in [1.807, 2.05) is 20.8 Å². The number of rotatable bonds is 1. The zero-order valence-corrected chi connectivity index (χ0v) is 12.4. The van der Waals surface area contributed by atoms with Gasteiger partial charge in [-0.2, -0.15) is 9.78 Å². The van der Waals surface area contributed by atoms with Crippen LogP contribution in [0.1, 0.15) is 44.7 Å². The van der Waals surface area contributed by atoms with Gasteiger partial charge in [0, 0.05) is 6.42 Å². The minimum absolute atomic E-state index is 0.439. The van der Waals surface area contributed by atoms with Gasteiger partial charge >= 0.3 is 0 Å². The molecule has 4 saturated heterocycles. The average Bonchev–Trinajstić information content (AvgIpc) is 2.53. The summed E-state index contributed by atoms with van der Waals surface area (Å²) in [6, 6.07) is 8.48. The van der Waals surface area contributed by atoms with E-state index in [1.54, 1.807) is 0 Å². The molecule has 20 heavy (non-hydrogen) atoms. The summed E-state index contributed by atoms with van der Waals surface area (Å²) in [5.74, 6) is -2.27. The molecule has 4 nitrogen and oxygen atoms in total. The molecule has 0 amide bonds. The fraction of sp³-hybridized carbons (Fsp3) is 0.625. The number of ether oxygens (including phenoxy) is 2. The Morgan fingerprint density at radius 1 is 0.850 bits per heavy atom. The molecule has 4 bridgehead atoms. The third-order valence-electron chi connectivity index (χ3n) is 5.23. The van der Waals surface area contributed by atoms with Crippen LogP contribution in [0, 0.1) is 6.92 Å². The van der Waals surface area contributed by atoms with Crippen molar-refractivity contribution in [1.82, 2.24) is 0 Å². The number of hydrogen-bond acceptors (Lipinski definition) is 4. The summed E-state index contributed by atoms with van der Waals surface area (Å²) >= 11 is 0. The molecule has 0 saturated carbocycles. The molecule has 0 radical (unpaired) electrons. The van der Waals surface area contributed by atoms with Crippen molar-refractivity contribution in [2.45, 2.75) is 63.3 Å². The van der Waals surface area contributed by atoms with Crippen LogP contribution in [-0.2, 0) is 24.7 Å². The van der Waals surface area contributed by atoms with Gasteiger partial charge in [-0.1, -0.05) is 29.8 Å². The minimum Gasteiger partial charge on any atom is -0.315 e. The Kier molecular flexibility index (Phi) is 2.20. The van der Waals surface area contributed by atoms with E-state index in [0.717, 1.165) is 18.4 Å². The van der Waals surface area contributed by atoms with Crippen molar-refractivity contribution in [2.75, 3.05) is 0 Å². The van der Waals surface area contributed by atoms with Crippen molar-refractivity contribution >= 4 is 0 Å². The normalized spacial score (nSPS) is 49.6. The zero-order chi connectivity index (χ0) is 14.2. The maximum absolute atomic E-state index is 6.13. The van der Waals surface area contributed by atoms with E-state index < -0.39 is 22.8 Å². The molecule has 4 aliphatic heterocycles. The number of benzene rings is 1. The fourth-order valence-electron chi connectivity index (χ4n) is 4.24. The number of aryl methyl sites for hydroxylation is 1. The zero-order valence-electron chi connectivity index (χ0n) is 12.4. The van der Waals surface area contributed by atoms with Crippen LogP contribution >= 0.6 is 0 Å². The van der Waals surface area contributed by atoms with Gasteiger partial charge in [-0.25, -0.2) is 0 Å². The van der Waals surface area contributed by atoms with Crippen molar-refractivity contribution in [1.29, 1.82) is 0 Å². The molecule has 0 aliphatic carbocycles. The van der Waals surface area contributed by atoms with Crippen LogP contribution < -0.4 is 0 Å². The molecule has 4 heterocycles. The van der Waals surface area contributed by atoms with E-state index in [2.05, 4.69) is 31.2 Å². The SMILES string of the molecule is Cc1ccc(C23CCC4(C)O[C@]2(C)OO[C@]3(C)O4)cc1. The summed E-state index contributed by atoms with van der Waals surface area (Å²) in [5.41, 5.74) is 1.94. The second-order valence-electron chi connectivity index (χ2n) is 6.67. The molecular weight excluding hydrogens is 256 g/mol. The van der Waals surface area contributed by atoms with Crippen molar-refractivity contribution < 1.29 is 19.2 Å². The molecule has 0 spiro atoms. The molecule has 5 rings (SSSR count). The van der Waals surface area contributed by atoms with Crippen LogP contribution in [0.3, 0.4) is 0 Å².